The van der Waals surface area contributed by atoms with Crippen LogP contribution in [0.4, 0.5) is 8.78 Å². The zero-order valence-corrected chi connectivity index (χ0v) is 6.96. The standard InChI is InChI=1S/C7H9F2NO3/c1-2-10-3-4(5(11)12)7(8,9)6(10)13/h4H,2-3H2,1H3,(H,11,12). The molecule has 1 atom stereocenters. The molecule has 6 heteroatoms. The Balaban J connectivity index is 2.93. The van der Waals surface area contributed by atoms with Gasteiger partial charge >= 0.3 is 11.9 Å². The Kier molecular flexibility index (Phi) is 2.23. The lowest BCUT2D eigenvalue weighted by Crippen LogP contribution is -2.37. The van der Waals surface area contributed by atoms with Crippen molar-refractivity contribution >= 4 is 11.9 Å². The van der Waals surface area contributed by atoms with Gasteiger partial charge in [0.1, 0.15) is 5.92 Å². The second kappa shape index (κ2) is 2.93. The molecule has 0 bridgehead atoms. The maximum Gasteiger partial charge on any atom is 0.339 e. The number of carboxylic acids is 1. The maximum atomic E-state index is 12.9. The lowest BCUT2D eigenvalue weighted by molar-refractivity contribution is -0.162. The van der Waals surface area contributed by atoms with Crippen molar-refractivity contribution in [1.82, 2.24) is 4.90 Å². The van der Waals surface area contributed by atoms with Gasteiger partial charge in [0, 0.05) is 13.1 Å². The monoisotopic (exact) mass is 193 g/mol. The Morgan fingerprint density at radius 3 is 2.54 bits per heavy atom. The lowest BCUT2D eigenvalue weighted by atomic mass is 10.1. The van der Waals surface area contributed by atoms with E-state index in [9.17, 15) is 18.4 Å². The zero-order valence-electron chi connectivity index (χ0n) is 6.96. The molecule has 1 saturated heterocycles. The molecule has 0 aromatic rings. The second-order valence-corrected chi connectivity index (χ2v) is 2.86. The summed E-state index contributed by atoms with van der Waals surface area (Å²) in [4.78, 5) is 22.1. The van der Waals surface area contributed by atoms with Crippen LogP contribution in [-0.4, -0.2) is 40.9 Å². The summed E-state index contributed by atoms with van der Waals surface area (Å²) in [5.74, 6) is -8.67. The van der Waals surface area contributed by atoms with Crippen LogP contribution in [0.5, 0.6) is 0 Å². The molecule has 1 rings (SSSR count). The Morgan fingerprint density at radius 1 is 1.77 bits per heavy atom. The third kappa shape index (κ3) is 1.36. The van der Waals surface area contributed by atoms with E-state index in [4.69, 9.17) is 5.11 Å². The van der Waals surface area contributed by atoms with Crippen molar-refractivity contribution in [3.63, 3.8) is 0 Å². The number of rotatable bonds is 2. The van der Waals surface area contributed by atoms with Gasteiger partial charge in [-0.3, -0.25) is 9.59 Å². The Labute approximate surface area is 73.1 Å². The fraction of sp³-hybridized carbons (Fsp3) is 0.714. The molecule has 0 aromatic carbocycles. The van der Waals surface area contributed by atoms with Crippen molar-refractivity contribution < 1.29 is 23.5 Å². The summed E-state index contributed by atoms with van der Waals surface area (Å²) in [6, 6.07) is 0. The van der Waals surface area contributed by atoms with Gasteiger partial charge in [-0.25, -0.2) is 0 Å². The molecule has 0 aromatic heterocycles. The number of halogens is 2. The molecule has 0 saturated carbocycles. The van der Waals surface area contributed by atoms with E-state index in [1.165, 1.54) is 6.92 Å². The van der Waals surface area contributed by atoms with Crippen molar-refractivity contribution in [1.29, 1.82) is 0 Å². The van der Waals surface area contributed by atoms with E-state index in [1.54, 1.807) is 0 Å². The molecule has 0 radical (unpaired) electrons. The average molecular weight is 193 g/mol. The number of alkyl halides is 2. The maximum absolute atomic E-state index is 12.9. The predicted molar refractivity (Wildman–Crippen MR) is 38.3 cm³/mol. The number of hydrogen-bond donors (Lipinski definition) is 1. The number of aliphatic carboxylic acids is 1. The fourth-order valence-corrected chi connectivity index (χ4v) is 1.28. The SMILES string of the molecule is CCN1CC(C(=O)O)C(F)(F)C1=O. The van der Waals surface area contributed by atoms with Gasteiger partial charge in [0.15, 0.2) is 0 Å². The first kappa shape index (κ1) is 9.88. The van der Waals surface area contributed by atoms with Crippen LogP contribution >= 0.6 is 0 Å². The predicted octanol–water partition coefficient (Wildman–Crippen LogP) is 0.185. The van der Waals surface area contributed by atoms with Crippen molar-refractivity contribution in [2.75, 3.05) is 13.1 Å². The molecule has 1 heterocycles. The van der Waals surface area contributed by atoms with E-state index in [0.717, 1.165) is 4.90 Å². The minimum Gasteiger partial charge on any atom is -0.481 e. The zero-order chi connectivity index (χ0) is 10.2. The number of carbonyl (C=O) groups is 2. The van der Waals surface area contributed by atoms with Gasteiger partial charge in [-0.15, -0.1) is 0 Å². The quantitative estimate of drug-likeness (QED) is 0.680. The highest BCUT2D eigenvalue weighted by molar-refractivity contribution is 5.92. The molecule has 1 aliphatic rings. The van der Waals surface area contributed by atoms with Crippen LogP contribution in [0, 0.1) is 5.92 Å². The van der Waals surface area contributed by atoms with Crippen LogP contribution < -0.4 is 0 Å². The molecule has 1 amide bonds. The Bertz CT molecular complexity index is 254. The Hall–Kier alpha value is -1.20. The smallest absolute Gasteiger partial charge is 0.339 e. The van der Waals surface area contributed by atoms with Crippen LogP contribution in [0.2, 0.25) is 0 Å². The average Bonchev–Trinajstić information content (AvgIpc) is 2.25. The molecule has 0 spiro atoms. The van der Waals surface area contributed by atoms with Gasteiger partial charge in [-0.1, -0.05) is 0 Å². The largest absolute Gasteiger partial charge is 0.481 e. The van der Waals surface area contributed by atoms with E-state index >= 15 is 0 Å². The molecular formula is C7H9F2NO3. The van der Waals surface area contributed by atoms with Crippen molar-refractivity contribution in [3.05, 3.63) is 0 Å². The minimum atomic E-state index is -3.75. The van der Waals surface area contributed by atoms with Crippen molar-refractivity contribution in [3.8, 4) is 0 Å². The summed E-state index contributed by atoms with van der Waals surface area (Å²) < 4.78 is 25.8. The van der Waals surface area contributed by atoms with E-state index in [1.807, 2.05) is 0 Å². The minimum absolute atomic E-state index is 0.109. The third-order valence-electron chi connectivity index (χ3n) is 2.09. The van der Waals surface area contributed by atoms with E-state index in [2.05, 4.69) is 0 Å². The molecule has 1 aliphatic heterocycles. The number of amides is 1. The number of carbonyl (C=O) groups excluding carboxylic acids is 1. The summed E-state index contributed by atoms with van der Waals surface area (Å²) in [6.45, 7) is 1.23. The van der Waals surface area contributed by atoms with Crippen LogP contribution in [0.15, 0.2) is 0 Å². The third-order valence-corrected chi connectivity index (χ3v) is 2.09. The first-order valence-corrected chi connectivity index (χ1v) is 3.81. The highest BCUT2D eigenvalue weighted by Gasteiger charge is 2.59. The van der Waals surface area contributed by atoms with Crippen LogP contribution in [-0.2, 0) is 9.59 Å². The number of nitrogens with zero attached hydrogens (tertiary/aromatic N) is 1. The first-order chi connectivity index (χ1) is 5.91. The molecule has 13 heavy (non-hydrogen) atoms. The normalized spacial score (nSPS) is 26.5. The molecule has 1 unspecified atom stereocenters. The van der Waals surface area contributed by atoms with Crippen molar-refractivity contribution in [2.24, 2.45) is 5.92 Å². The van der Waals surface area contributed by atoms with Crippen LogP contribution in [0.25, 0.3) is 0 Å². The molecule has 1 fully saturated rings. The van der Waals surface area contributed by atoms with Gasteiger partial charge < -0.3 is 10.0 Å². The fourth-order valence-electron chi connectivity index (χ4n) is 1.28. The van der Waals surface area contributed by atoms with Gasteiger partial charge in [-0.05, 0) is 6.92 Å². The molecular weight excluding hydrogens is 184 g/mol. The van der Waals surface area contributed by atoms with Crippen molar-refractivity contribution in [2.45, 2.75) is 12.8 Å². The highest BCUT2D eigenvalue weighted by Crippen LogP contribution is 2.34. The first-order valence-electron chi connectivity index (χ1n) is 3.81. The number of hydrogen-bond acceptors (Lipinski definition) is 2. The summed E-state index contributed by atoms with van der Waals surface area (Å²) in [6.07, 6.45) is 0. The van der Waals surface area contributed by atoms with Crippen LogP contribution in [0.1, 0.15) is 6.92 Å². The summed E-state index contributed by atoms with van der Waals surface area (Å²) in [7, 11) is 0. The second-order valence-electron chi connectivity index (χ2n) is 2.86. The summed E-state index contributed by atoms with van der Waals surface area (Å²) >= 11 is 0. The molecule has 0 aliphatic carbocycles. The van der Waals surface area contributed by atoms with Gasteiger partial charge in [-0.2, -0.15) is 8.78 Å². The topological polar surface area (TPSA) is 57.6 Å². The molecule has 1 N–H and O–H groups in total. The van der Waals surface area contributed by atoms with Gasteiger partial charge in [0.2, 0.25) is 0 Å². The highest BCUT2D eigenvalue weighted by atomic mass is 19.3. The molecule has 74 valence electrons. The van der Waals surface area contributed by atoms with E-state index in [0.29, 0.717) is 0 Å². The summed E-state index contributed by atoms with van der Waals surface area (Å²) in [5, 5.41) is 8.42. The number of carboxylic acid groups (broad SMARTS) is 1. The lowest BCUT2D eigenvalue weighted by Gasteiger charge is -2.11. The van der Waals surface area contributed by atoms with E-state index < -0.39 is 30.3 Å². The molecule has 4 nitrogen and oxygen atoms in total. The van der Waals surface area contributed by atoms with Crippen LogP contribution in [0.3, 0.4) is 0 Å². The van der Waals surface area contributed by atoms with E-state index in [-0.39, 0.29) is 6.54 Å². The van der Waals surface area contributed by atoms with Gasteiger partial charge in [0.05, 0.1) is 0 Å². The Morgan fingerprint density at radius 2 is 2.31 bits per heavy atom. The number of likely N-dealkylation sites (tertiary alicyclic amines) is 1. The summed E-state index contributed by atoms with van der Waals surface area (Å²) in [5.41, 5.74) is 0. The van der Waals surface area contributed by atoms with Gasteiger partial charge in [0.25, 0.3) is 5.91 Å².